The van der Waals surface area contributed by atoms with E-state index in [9.17, 15) is 4.79 Å². The summed E-state index contributed by atoms with van der Waals surface area (Å²) in [5.41, 5.74) is 2.13. The van der Waals surface area contributed by atoms with E-state index in [1.54, 1.807) is 28.1 Å². The van der Waals surface area contributed by atoms with Gasteiger partial charge in [0.1, 0.15) is 5.69 Å². The number of thiazole rings is 1. The molecule has 3 aromatic rings. The van der Waals surface area contributed by atoms with Crippen LogP contribution < -0.4 is 0 Å². The number of carbonyl (C=O) groups is 1. The lowest BCUT2D eigenvalue weighted by molar-refractivity contribution is 0.0678. The molecule has 0 radical (unpaired) electrons. The predicted octanol–water partition coefficient (Wildman–Crippen LogP) is 2.14. The summed E-state index contributed by atoms with van der Waals surface area (Å²) in [6.07, 6.45) is 1.80. The minimum atomic E-state index is -0.246. The fourth-order valence-corrected chi connectivity index (χ4v) is 3.39. The van der Waals surface area contributed by atoms with Gasteiger partial charge in [-0.25, -0.2) is 4.98 Å². The third-order valence-electron chi connectivity index (χ3n) is 3.60. The number of rotatable bonds is 6. The molecule has 1 aromatic carbocycles. The van der Waals surface area contributed by atoms with Crippen LogP contribution in [0.15, 0.2) is 35.8 Å². The molecule has 0 aliphatic heterocycles. The van der Waals surface area contributed by atoms with Crippen molar-refractivity contribution in [2.75, 3.05) is 26.3 Å². The second-order valence-electron chi connectivity index (χ2n) is 5.15. The minimum Gasteiger partial charge on any atom is -0.395 e. The van der Waals surface area contributed by atoms with Gasteiger partial charge in [-0.3, -0.25) is 9.20 Å². The van der Waals surface area contributed by atoms with Crippen LogP contribution in [0.2, 0.25) is 5.02 Å². The Balaban J connectivity index is 1.95. The molecular weight excluding hydrogens is 350 g/mol. The Morgan fingerprint density at radius 2 is 1.88 bits per heavy atom. The minimum absolute atomic E-state index is 0.154. The third kappa shape index (κ3) is 3.29. The van der Waals surface area contributed by atoms with Gasteiger partial charge in [0, 0.05) is 35.3 Å². The third-order valence-corrected chi connectivity index (χ3v) is 4.69. The summed E-state index contributed by atoms with van der Waals surface area (Å²) in [5.74, 6) is -0.246. The Hall–Kier alpha value is -1.93. The van der Waals surface area contributed by atoms with E-state index >= 15 is 0 Å². The number of aliphatic hydroxyl groups excluding tert-OH is 2. The smallest absolute Gasteiger partial charge is 0.271 e. The Morgan fingerprint density at radius 1 is 1.21 bits per heavy atom. The summed E-state index contributed by atoms with van der Waals surface area (Å²) < 4.78 is 1.73. The molecule has 6 nitrogen and oxygen atoms in total. The lowest BCUT2D eigenvalue weighted by Gasteiger charge is -2.19. The first kappa shape index (κ1) is 16.9. The monoisotopic (exact) mass is 365 g/mol. The van der Waals surface area contributed by atoms with Crippen LogP contribution in [0.1, 0.15) is 10.5 Å². The summed E-state index contributed by atoms with van der Waals surface area (Å²) in [4.78, 5) is 19.3. The zero-order chi connectivity index (χ0) is 17.1. The zero-order valence-electron chi connectivity index (χ0n) is 12.7. The van der Waals surface area contributed by atoms with Crippen LogP contribution in [0.25, 0.3) is 16.2 Å². The number of fused-ring (bicyclic) bond motifs is 1. The molecule has 1 amide bonds. The standard InChI is InChI=1S/C16H16ClN3O3S/c17-12-3-1-11(2-4-12)13-9-20-14(10-24-16(20)18-13)15(23)19(5-7-21)6-8-22/h1-4,9-10,21-22H,5-8H2. The van der Waals surface area contributed by atoms with Gasteiger partial charge in [-0.05, 0) is 12.1 Å². The molecule has 0 aliphatic rings. The van der Waals surface area contributed by atoms with Crippen molar-refractivity contribution in [3.63, 3.8) is 0 Å². The van der Waals surface area contributed by atoms with E-state index in [-0.39, 0.29) is 32.2 Å². The van der Waals surface area contributed by atoms with Crippen molar-refractivity contribution in [3.8, 4) is 11.3 Å². The molecule has 0 aliphatic carbocycles. The molecule has 0 spiro atoms. The van der Waals surface area contributed by atoms with Crippen molar-refractivity contribution < 1.29 is 15.0 Å². The van der Waals surface area contributed by atoms with Gasteiger partial charge >= 0.3 is 0 Å². The summed E-state index contributed by atoms with van der Waals surface area (Å²) >= 11 is 7.27. The molecule has 8 heteroatoms. The highest BCUT2D eigenvalue weighted by molar-refractivity contribution is 7.15. The van der Waals surface area contributed by atoms with Gasteiger partial charge in [0.05, 0.1) is 18.9 Å². The van der Waals surface area contributed by atoms with E-state index in [0.717, 1.165) is 11.3 Å². The highest BCUT2D eigenvalue weighted by Gasteiger charge is 2.20. The van der Waals surface area contributed by atoms with Gasteiger partial charge in [-0.2, -0.15) is 0 Å². The first-order valence-electron chi connectivity index (χ1n) is 7.37. The fourth-order valence-electron chi connectivity index (χ4n) is 2.42. The average molecular weight is 366 g/mol. The Kier molecular flexibility index (Phi) is 5.15. The summed E-state index contributed by atoms with van der Waals surface area (Å²) in [5, 5.41) is 20.6. The Morgan fingerprint density at radius 3 is 2.50 bits per heavy atom. The van der Waals surface area contributed by atoms with Crippen LogP contribution in [0, 0.1) is 0 Å². The van der Waals surface area contributed by atoms with E-state index in [2.05, 4.69) is 4.98 Å². The van der Waals surface area contributed by atoms with Gasteiger partial charge in [0.2, 0.25) is 0 Å². The molecule has 0 atom stereocenters. The van der Waals surface area contributed by atoms with Crippen molar-refractivity contribution in [2.45, 2.75) is 0 Å². The number of hydrogen-bond acceptors (Lipinski definition) is 5. The van der Waals surface area contributed by atoms with Crippen molar-refractivity contribution >= 4 is 33.8 Å². The van der Waals surface area contributed by atoms with Crippen LogP contribution in [0.5, 0.6) is 0 Å². The topological polar surface area (TPSA) is 78.1 Å². The highest BCUT2D eigenvalue weighted by Crippen LogP contribution is 2.25. The van der Waals surface area contributed by atoms with Gasteiger partial charge in [0.15, 0.2) is 4.96 Å². The van der Waals surface area contributed by atoms with E-state index < -0.39 is 0 Å². The summed E-state index contributed by atoms with van der Waals surface area (Å²) in [7, 11) is 0. The van der Waals surface area contributed by atoms with Gasteiger partial charge < -0.3 is 15.1 Å². The van der Waals surface area contributed by atoms with Crippen molar-refractivity contribution in [2.24, 2.45) is 0 Å². The molecule has 2 aromatic heterocycles. The molecule has 0 unspecified atom stereocenters. The van der Waals surface area contributed by atoms with Crippen molar-refractivity contribution in [1.29, 1.82) is 0 Å². The molecule has 0 saturated carbocycles. The van der Waals surface area contributed by atoms with Gasteiger partial charge in [-0.15, -0.1) is 11.3 Å². The first-order valence-corrected chi connectivity index (χ1v) is 8.63. The molecular formula is C16H16ClN3O3S. The van der Waals surface area contributed by atoms with Crippen LogP contribution in [0.3, 0.4) is 0 Å². The molecule has 2 heterocycles. The summed E-state index contributed by atoms with van der Waals surface area (Å²) in [6, 6.07) is 7.33. The Bertz CT molecular complexity index is 838. The molecule has 0 saturated heterocycles. The molecule has 126 valence electrons. The van der Waals surface area contributed by atoms with Crippen LogP contribution in [-0.4, -0.2) is 56.7 Å². The number of halogens is 1. The van der Waals surface area contributed by atoms with Gasteiger partial charge in [0.25, 0.3) is 5.91 Å². The molecule has 0 bridgehead atoms. The number of hydrogen-bond donors (Lipinski definition) is 2. The molecule has 3 rings (SSSR count). The number of imidazole rings is 1. The average Bonchev–Trinajstić information content (AvgIpc) is 3.15. The van der Waals surface area contributed by atoms with Crippen LogP contribution in [0.4, 0.5) is 0 Å². The van der Waals surface area contributed by atoms with E-state index in [4.69, 9.17) is 21.8 Å². The van der Waals surface area contributed by atoms with Crippen molar-refractivity contribution in [1.82, 2.24) is 14.3 Å². The molecule has 0 fully saturated rings. The quantitative estimate of drug-likeness (QED) is 0.701. The molecule has 2 N–H and O–H groups in total. The number of aliphatic hydroxyl groups is 2. The second kappa shape index (κ2) is 7.31. The highest BCUT2D eigenvalue weighted by atomic mass is 35.5. The van der Waals surface area contributed by atoms with Crippen LogP contribution in [-0.2, 0) is 0 Å². The summed E-state index contributed by atoms with van der Waals surface area (Å²) in [6.45, 7) is 0.0445. The maximum absolute atomic E-state index is 12.6. The second-order valence-corrected chi connectivity index (χ2v) is 6.42. The SMILES string of the molecule is O=C(c1csc2nc(-c3ccc(Cl)cc3)cn12)N(CCO)CCO. The van der Waals surface area contributed by atoms with Crippen LogP contribution >= 0.6 is 22.9 Å². The van der Waals surface area contributed by atoms with Crippen molar-refractivity contribution in [3.05, 3.63) is 46.6 Å². The van der Waals surface area contributed by atoms with E-state index in [0.29, 0.717) is 15.7 Å². The van der Waals surface area contributed by atoms with E-state index in [1.165, 1.54) is 16.2 Å². The van der Waals surface area contributed by atoms with Gasteiger partial charge in [-0.1, -0.05) is 23.7 Å². The molecule has 24 heavy (non-hydrogen) atoms. The normalized spacial score (nSPS) is 11.1. The zero-order valence-corrected chi connectivity index (χ0v) is 14.3. The first-order chi connectivity index (χ1) is 11.6. The number of amides is 1. The predicted molar refractivity (Wildman–Crippen MR) is 93.6 cm³/mol. The number of nitrogens with zero attached hydrogens (tertiary/aromatic N) is 3. The number of carbonyl (C=O) groups excluding carboxylic acids is 1. The van der Waals surface area contributed by atoms with E-state index in [1.807, 2.05) is 12.1 Å². The fraction of sp³-hybridized carbons (Fsp3) is 0.250. The number of benzene rings is 1. The lowest BCUT2D eigenvalue weighted by atomic mass is 10.2. The maximum Gasteiger partial charge on any atom is 0.271 e. The Labute approximate surface area is 147 Å². The maximum atomic E-state index is 12.6. The number of aromatic nitrogens is 2. The largest absolute Gasteiger partial charge is 0.395 e. The lowest BCUT2D eigenvalue weighted by Crippen LogP contribution is -2.36.